The standard InChI is InChI=1S/C8H11Cl3/c1-5(7(9)2-3-7)6-4-8(6,10)11/h5-6H,2-4H2,1H3. The Morgan fingerprint density at radius 2 is 1.73 bits per heavy atom. The Hall–Kier alpha value is 0.870. The van der Waals surface area contributed by atoms with Crippen LogP contribution < -0.4 is 0 Å². The zero-order valence-electron chi connectivity index (χ0n) is 6.41. The van der Waals surface area contributed by atoms with Crippen molar-refractivity contribution in [3.05, 3.63) is 0 Å². The van der Waals surface area contributed by atoms with Gasteiger partial charge in [0, 0.05) is 4.87 Å². The minimum atomic E-state index is -0.454. The normalized spacial score (nSPS) is 39.8. The SMILES string of the molecule is CC(C1CC1(Cl)Cl)C1(Cl)CC1. The molecule has 0 saturated heterocycles. The van der Waals surface area contributed by atoms with E-state index in [1.54, 1.807) is 0 Å². The maximum absolute atomic E-state index is 6.24. The fourth-order valence-corrected chi connectivity index (χ4v) is 2.67. The highest BCUT2D eigenvalue weighted by Gasteiger charge is 2.61. The van der Waals surface area contributed by atoms with Gasteiger partial charge in [0.25, 0.3) is 0 Å². The Bertz CT molecular complexity index is 184. The average Bonchev–Trinajstić information content (AvgIpc) is 2.73. The molecule has 2 aliphatic carbocycles. The van der Waals surface area contributed by atoms with Gasteiger partial charge in [0.05, 0.1) is 0 Å². The van der Waals surface area contributed by atoms with Crippen LogP contribution in [0.3, 0.4) is 0 Å². The van der Waals surface area contributed by atoms with E-state index in [0.29, 0.717) is 11.8 Å². The van der Waals surface area contributed by atoms with E-state index in [1.165, 1.54) is 0 Å². The number of halogens is 3. The Kier molecular flexibility index (Phi) is 1.70. The van der Waals surface area contributed by atoms with E-state index in [4.69, 9.17) is 34.8 Å². The first-order chi connectivity index (χ1) is 4.96. The first kappa shape index (κ1) is 8.47. The molecular weight excluding hydrogens is 202 g/mol. The Morgan fingerprint density at radius 3 is 2.00 bits per heavy atom. The number of rotatable bonds is 2. The molecule has 0 spiro atoms. The van der Waals surface area contributed by atoms with Gasteiger partial charge in [0.15, 0.2) is 0 Å². The smallest absolute Gasteiger partial charge is 0.119 e. The summed E-state index contributed by atoms with van der Waals surface area (Å²) in [5.41, 5.74) is 0. The van der Waals surface area contributed by atoms with Gasteiger partial charge < -0.3 is 0 Å². The molecule has 2 fully saturated rings. The molecule has 0 heterocycles. The molecule has 0 aromatic heterocycles. The summed E-state index contributed by atoms with van der Waals surface area (Å²) in [6.07, 6.45) is 3.19. The topological polar surface area (TPSA) is 0 Å². The lowest BCUT2D eigenvalue weighted by Gasteiger charge is -2.16. The molecule has 2 aliphatic rings. The molecule has 0 amide bonds. The van der Waals surface area contributed by atoms with Crippen LogP contribution in [0.25, 0.3) is 0 Å². The Morgan fingerprint density at radius 1 is 1.27 bits per heavy atom. The maximum Gasteiger partial charge on any atom is 0.121 e. The molecule has 2 unspecified atom stereocenters. The van der Waals surface area contributed by atoms with E-state index in [0.717, 1.165) is 19.3 Å². The van der Waals surface area contributed by atoms with Gasteiger partial charge in [-0.2, -0.15) is 0 Å². The van der Waals surface area contributed by atoms with Gasteiger partial charge in [0.1, 0.15) is 4.33 Å². The lowest BCUT2D eigenvalue weighted by atomic mass is 10.0. The predicted molar refractivity (Wildman–Crippen MR) is 49.5 cm³/mol. The Labute approximate surface area is 82.2 Å². The van der Waals surface area contributed by atoms with Gasteiger partial charge in [-0.25, -0.2) is 0 Å². The van der Waals surface area contributed by atoms with Gasteiger partial charge >= 0.3 is 0 Å². The second-order valence-corrected chi connectivity index (χ2v) is 6.19. The number of hydrogen-bond donors (Lipinski definition) is 0. The van der Waals surface area contributed by atoms with Crippen LogP contribution in [-0.4, -0.2) is 9.21 Å². The molecule has 11 heavy (non-hydrogen) atoms. The van der Waals surface area contributed by atoms with Crippen molar-refractivity contribution in [1.82, 2.24) is 0 Å². The van der Waals surface area contributed by atoms with Crippen LogP contribution >= 0.6 is 34.8 Å². The van der Waals surface area contributed by atoms with Crippen molar-refractivity contribution < 1.29 is 0 Å². The second-order valence-electron chi connectivity index (χ2n) is 3.89. The Balaban J connectivity index is 1.97. The zero-order valence-corrected chi connectivity index (χ0v) is 8.68. The third-order valence-corrected chi connectivity index (χ3v) is 4.61. The first-order valence-electron chi connectivity index (χ1n) is 4.02. The molecule has 0 aromatic rings. The van der Waals surface area contributed by atoms with Crippen LogP contribution in [0, 0.1) is 11.8 Å². The van der Waals surface area contributed by atoms with E-state index in [1.807, 2.05) is 0 Å². The molecule has 0 radical (unpaired) electrons. The zero-order chi connectivity index (χ0) is 8.28. The third-order valence-electron chi connectivity index (χ3n) is 3.02. The molecule has 64 valence electrons. The maximum atomic E-state index is 6.24. The quantitative estimate of drug-likeness (QED) is 0.615. The van der Waals surface area contributed by atoms with Crippen molar-refractivity contribution in [2.45, 2.75) is 35.4 Å². The van der Waals surface area contributed by atoms with E-state index >= 15 is 0 Å². The van der Waals surface area contributed by atoms with Gasteiger partial charge in [-0.1, -0.05) is 6.92 Å². The fourth-order valence-electron chi connectivity index (χ4n) is 1.71. The van der Waals surface area contributed by atoms with E-state index in [-0.39, 0.29) is 4.87 Å². The molecule has 0 bridgehead atoms. The number of hydrogen-bond acceptors (Lipinski definition) is 0. The van der Waals surface area contributed by atoms with Gasteiger partial charge in [-0.15, -0.1) is 34.8 Å². The summed E-state index contributed by atoms with van der Waals surface area (Å²) in [7, 11) is 0. The lowest BCUT2D eigenvalue weighted by Crippen LogP contribution is -2.17. The van der Waals surface area contributed by atoms with Crippen molar-refractivity contribution in [1.29, 1.82) is 0 Å². The summed E-state index contributed by atoms with van der Waals surface area (Å²) < 4.78 is -0.454. The highest BCUT2D eigenvalue weighted by atomic mass is 35.5. The first-order valence-corrected chi connectivity index (χ1v) is 5.16. The van der Waals surface area contributed by atoms with Crippen LogP contribution in [-0.2, 0) is 0 Å². The van der Waals surface area contributed by atoms with Crippen LogP contribution in [0.1, 0.15) is 26.2 Å². The summed E-state index contributed by atoms with van der Waals surface area (Å²) in [6.45, 7) is 2.16. The van der Waals surface area contributed by atoms with Gasteiger partial charge in [0.2, 0.25) is 0 Å². The predicted octanol–water partition coefficient (Wildman–Crippen LogP) is 3.59. The molecule has 0 nitrogen and oxygen atoms in total. The third kappa shape index (κ3) is 1.38. The van der Waals surface area contributed by atoms with Gasteiger partial charge in [-0.05, 0) is 31.1 Å². The van der Waals surface area contributed by atoms with Crippen molar-refractivity contribution in [2.24, 2.45) is 11.8 Å². The highest BCUT2D eigenvalue weighted by Crippen LogP contribution is 2.64. The fraction of sp³-hybridized carbons (Fsp3) is 1.00. The summed E-state index contributed by atoms with van der Waals surface area (Å²) in [5, 5.41) is 0. The summed E-state index contributed by atoms with van der Waals surface area (Å²) in [4.78, 5) is 0.0518. The van der Waals surface area contributed by atoms with Crippen LogP contribution in [0.5, 0.6) is 0 Å². The van der Waals surface area contributed by atoms with Crippen LogP contribution in [0.4, 0.5) is 0 Å². The van der Waals surface area contributed by atoms with E-state index in [9.17, 15) is 0 Å². The van der Waals surface area contributed by atoms with E-state index in [2.05, 4.69) is 6.92 Å². The van der Waals surface area contributed by atoms with Crippen molar-refractivity contribution in [3.63, 3.8) is 0 Å². The lowest BCUT2D eigenvalue weighted by molar-refractivity contribution is 0.466. The minimum Gasteiger partial charge on any atom is -0.119 e. The van der Waals surface area contributed by atoms with Crippen molar-refractivity contribution in [2.75, 3.05) is 0 Å². The van der Waals surface area contributed by atoms with Crippen molar-refractivity contribution >= 4 is 34.8 Å². The number of alkyl halides is 3. The van der Waals surface area contributed by atoms with E-state index < -0.39 is 4.33 Å². The van der Waals surface area contributed by atoms with Gasteiger partial charge in [-0.3, -0.25) is 0 Å². The highest BCUT2D eigenvalue weighted by molar-refractivity contribution is 6.51. The molecule has 2 rings (SSSR count). The van der Waals surface area contributed by atoms with Crippen LogP contribution in [0.2, 0.25) is 0 Å². The monoisotopic (exact) mass is 212 g/mol. The largest absolute Gasteiger partial charge is 0.121 e. The molecule has 3 heteroatoms. The molecule has 0 aliphatic heterocycles. The molecule has 0 N–H and O–H groups in total. The summed E-state index contributed by atoms with van der Waals surface area (Å²) in [5.74, 6) is 0.921. The second kappa shape index (κ2) is 2.21. The molecule has 2 saturated carbocycles. The van der Waals surface area contributed by atoms with Crippen LogP contribution in [0.15, 0.2) is 0 Å². The summed E-state index contributed by atoms with van der Waals surface area (Å²) >= 11 is 18.1. The average molecular weight is 214 g/mol. The summed E-state index contributed by atoms with van der Waals surface area (Å²) in [6, 6.07) is 0. The van der Waals surface area contributed by atoms with Crippen molar-refractivity contribution in [3.8, 4) is 0 Å². The minimum absolute atomic E-state index is 0.0518. The molecule has 2 atom stereocenters. The molecular formula is C8H11Cl3. The molecule has 0 aromatic carbocycles.